The van der Waals surface area contributed by atoms with Gasteiger partial charge in [-0.1, -0.05) is 6.92 Å². The van der Waals surface area contributed by atoms with E-state index in [1.165, 1.54) is 0 Å². The van der Waals surface area contributed by atoms with Gasteiger partial charge in [0, 0.05) is 5.56 Å². The number of hydrazone groups is 1. The van der Waals surface area contributed by atoms with Crippen LogP contribution in [-0.4, -0.2) is 35.8 Å². The summed E-state index contributed by atoms with van der Waals surface area (Å²) in [6.45, 7) is 2.63. The number of aromatic amines is 2. The molecular formula is C19H20N4O3S. The Balaban J connectivity index is 1.70. The van der Waals surface area contributed by atoms with Crippen molar-refractivity contribution < 1.29 is 14.3 Å². The molecule has 27 heavy (non-hydrogen) atoms. The fraction of sp³-hybridized carbons (Fsp3) is 0.211. The molecule has 3 N–H and O–H groups in total. The zero-order valence-electron chi connectivity index (χ0n) is 15.0. The summed E-state index contributed by atoms with van der Waals surface area (Å²) < 4.78 is 11.5. The highest BCUT2D eigenvalue weighted by atomic mass is 32.1. The summed E-state index contributed by atoms with van der Waals surface area (Å²) >= 11 is 5.05. The lowest BCUT2D eigenvalue weighted by atomic mass is 10.2. The van der Waals surface area contributed by atoms with Gasteiger partial charge in [0.15, 0.2) is 16.3 Å². The first kappa shape index (κ1) is 18.7. The van der Waals surface area contributed by atoms with Crippen LogP contribution in [0.3, 0.4) is 0 Å². The quantitative estimate of drug-likeness (QED) is 0.328. The third kappa shape index (κ3) is 4.53. The molecule has 0 unspecified atom stereocenters. The lowest BCUT2D eigenvalue weighted by molar-refractivity contribution is 0.0955. The summed E-state index contributed by atoms with van der Waals surface area (Å²) in [7, 11) is 1.59. The molecule has 3 aromatic rings. The van der Waals surface area contributed by atoms with Gasteiger partial charge in [-0.2, -0.15) is 5.10 Å². The van der Waals surface area contributed by atoms with Crippen molar-refractivity contribution in [2.24, 2.45) is 5.10 Å². The first-order valence-corrected chi connectivity index (χ1v) is 8.88. The van der Waals surface area contributed by atoms with Crippen LogP contribution in [0.2, 0.25) is 0 Å². The van der Waals surface area contributed by atoms with Gasteiger partial charge in [0.2, 0.25) is 0 Å². The topological polar surface area (TPSA) is 91.5 Å². The SMILES string of the molecule is CCCOc1cc(/C=N\NC(=O)c2ccc3[nH]c(=S)[nH]c3c2)ccc1OC. The van der Waals surface area contributed by atoms with E-state index in [4.69, 9.17) is 21.7 Å². The zero-order chi connectivity index (χ0) is 19.2. The minimum absolute atomic E-state index is 0.315. The van der Waals surface area contributed by atoms with E-state index in [0.29, 0.717) is 28.4 Å². The van der Waals surface area contributed by atoms with Crippen LogP contribution in [0.15, 0.2) is 41.5 Å². The Bertz CT molecular complexity index is 1040. The molecule has 0 aliphatic carbocycles. The Kier molecular flexibility index (Phi) is 5.87. The molecule has 0 saturated carbocycles. The maximum absolute atomic E-state index is 12.3. The van der Waals surface area contributed by atoms with Crippen molar-refractivity contribution in [3.63, 3.8) is 0 Å². The molecule has 7 nitrogen and oxygen atoms in total. The van der Waals surface area contributed by atoms with Gasteiger partial charge in [0.1, 0.15) is 0 Å². The molecule has 140 valence electrons. The molecule has 0 aliphatic heterocycles. The van der Waals surface area contributed by atoms with Crippen molar-refractivity contribution in [1.29, 1.82) is 0 Å². The highest BCUT2D eigenvalue weighted by Gasteiger charge is 2.07. The minimum atomic E-state index is -0.315. The predicted octanol–water partition coefficient (Wildman–Crippen LogP) is 3.79. The maximum atomic E-state index is 12.3. The fourth-order valence-corrected chi connectivity index (χ4v) is 2.72. The van der Waals surface area contributed by atoms with Gasteiger partial charge in [0.25, 0.3) is 5.91 Å². The average Bonchev–Trinajstić information content (AvgIpc) is 3.05. The smallest absolute Gasteiger partial charge is 0.271 e. The number of imidazole rings is 1. The van der Waals surface area contributed by atoms with E-state index in [2.05, 4.69) is 20.5 Å². The van der Waals surface area contributed by atoms with E-state index in [9.17, 15) is 4.79 Å². The van der Waals surface area contributed by atoms with Crippen LogP contribution in [0.5, 0.6) is 11.5 Å². The Labute approximate surface area is 161 Å². The molecule has 0 atom stereocenters. The van der Waals surface area contributed by atoms with E-state index in [0.717, 1.165) is 23.0 Å². The average molecular weight is 384 g/mol. The van der Waals surface area contributed by atoms with Crippen LogP contribution in [-0.2, 0) is 0 Å². The van der Waals surface area contributed by atoms with Gasteiger partial charge in [-0.25, -0.2) is 5.43 Å². The van der Waals surface area contributed by atoms with Gasteiger partial charge >= 0.3 is 0 Å². The van der Waals surface area contributed by atoms with Crippen molar-refractivity contribution in [3.05, 3.63) is 52.3 Å². The zero-order valence-corrected chi connectivity index (χ0v) is 15.9. The number of fused-ring (bicyclic) bond motifs is 1. The molecule has 0 aliphatic rings. The number of aromatic nitrogens is 2. The van der Waals surface area contributed by atoms with Crippen LogP contribution >= 0.6 is 12.2 Å². The van der Waals surface area contributed by atoms with Crippen LogP contribution in [0.25, 0.3) is 11.0 Å². The lowest BCUT2D eigenvalue weighted by Gasteiger charge is -2.10. The van der Waals surface area contributed by atoms with E-state index in [-0.39, 0.29) is 5.91 Å². The standard InChI is InChI=1S/C19H20N4O3S/c1-3-8-26-17-9-12(4-7-16(17)25-2)11-20-23-18(24)13-5-6-14-15(10-13)22-19(27)21-14/h4-7,9-11H,3,8H2,1-2H3,(H,23,24)(H2,21,22,27)/b20-11-. The predicted molar refractivity (Wildman–Crippen MR) is 107 cm³/mol. The normalized spacial score (nSPS) is 11.0. The number of nitrogens with one attached hydrogen (secondary N) is 3. The van der Waals surface area contributed by atoms with Crippen molar-refractivity contribution >= 4 is 35.4 Å². The summed E-state index contributed by atoms with van der Waals surface area (Å²) in [5.74, 6) is 0.981. The number of carbonyl (C=O) groups is 1. The molecule has 1 heterocycles. The van der Waals surface area contributed by atoms with Crippen molar-refractivity contribution in [2.75, 3.05) is 13.7 Å². The van der Waals surface area contributed by atoms with E-state index < -0.39 is 0 Å². The van der Waals surface area contributed by atoms with E-state index >= 15 is 0 Å². The first-order chi connectivity index (χ1) is 13.1. The van der Waals surface area contributed by atoms with Crippen molar-refractivity contribution in [1.82, 2.24) is 15.4 Å². The molecule has 0 fully saturated rings. The minimum Gasteiger partial charge on any atom is -0.493 e. The molecule has 2 aromatic carbocycles. The number of carbonyl (C=O) groups excluding carboxylic acids is 1. The number of hydrogen-bond acceptors (Lipinski definition) is 5. The second-order valence-electron chi connectivity index (χ2n) is 5.80. The number of benzene rings is 2. The highest BCUT2D eigenvalue weighted by molar-refractivity contribution is 7.71. The molecular weight excluding hydrogens is 364 g/mol. The number of ether oxygens (including phenoxy) is 2. The molecule has 8 heteroatoms. The second-order valence-corrected chi connectivity index (χ2v) is 6.21. The fourth-order valence-electron chi connectivity index (χ4n) is 2.50. The third-order valence-corrected chi connectivity index (χ3v) is 4.01. The molecule has 0 bridgehead atoms. The lowest BCUT2D eigenvalue weighted by Crippen LogP contribution is -2.17. The summed E-state index contributed by atoms with van der Waals surface area (Å²) in [5.41, 5.74) is 5.39. The van der Waals surface area contributed by atoms with Crippen LogP contribution in [0.4, 0.5) is 0 Å². The summed E-state index contributed by atoms with van der Waals surface area (Å²) in [6, 6.07) is 10.7. The van der Waals surface area contributed by atoms with Crippen molar-refractivity contribution in [2.45, 2.75) is 13.3 Å². The van der Waals surface area contributed by atoms with Crippen LogP contribution in [0.1, 0.15) is 29.3 Å². The monoisotopic (exact) mass is 384 g/mol. The Hall–Kier alpha value is -3.13. The van der Waals surface area contributed by atoms with Crippen LogP contribution < -0.4 is 14.9 Å². The maximum Gasteiger partial charge on any atom is 0.271 e. The van der Waals surface area contributed by atoms with Gasteiger partial charge in [-0.05, 0) is 60.6 Å². The van der Waals surface area contributed by atoms with Crippen LogP contribution in [0, 0.1) is 4.77 Å². The van der Waals surface area contributed by atoms with Gasteiger partial charge in [0.05, 0.1) is 31.0 Å². The number of nitrogens with zero attached hydrogens (tertiary/aromatic N) is 1. The summed E-state index contributed by atoms with van der Waals surface area (Å²) in [5, 5.41) is 4.02. The Morgan fingerprint density at radius 2 is 2.00 bits per heavy atom. The molecule has 0 saturated heterocycles. The van der Waals surface area contributed by atoms with Gasteiger partial charge in [-0.3, -0.25) is 4.79 Å². The molecule has 1 aromatic heterocycles. The molecule has 3 rings (SSSR count). The van der Waals surface area contributed by atoms with Gasteiger partial charge in [-0.15, -0.1) is 0 Å². The number of amides is 1. The number of rotatable bonds is 7. The third-order valence-electron chi connectivity index (χ3n) is 3.81. The van der Waals surface area contributed by atoms with Crippen molar-refractivity contribution in [3.8, 4) is 11.5 Å². The molecule has 0 radical (unpaired) electrons. The first-order valence-electron chi connectivity index (χ1n) is 8.47. The number of H-pyrrole nitrogens is 2. The number of hydrogen-bond donors (Lipinski definition) is 3. The second kappa shape index (κ2) is 8.50. The van der Waals surface area contributed by atoms with E-state index in [1.54, 1.807) is 37.6 Å². The van der Waals surface area contributed by atoms with Gasteiger partial charge < -0.3 is 19.4 Å². The largest absolute Gasteiger partial charge is 0.493 e. The highest BCUT2D eigenvalue weighted by Crippen LogP contribution is 2.27. The number of methoxy groups -OCH3 is 1. The summed E-state index contributed by atoms with van der Waals surface area (Å²) in [6.07, 6.45) is 2.45. The molecule has 0 spiro atoms. The van der Waals surface area contributed by atoms with E-state index in [1.807, 2.05) is 19.1 Å². The molecule has 1 amide bonds. The Morgan fingerprint density at radius 1 is 1.19 bits per heavy atom. The summed E-state index contributed by atoms with van der Waals surface area (Å²) in [4.78, 5) is 18.3. The Morgan fingerprint density at radius 3 is 2.78 bits per heavy atom.